The Kier molecular flexibility index (Phi) is 4.91. The SMILES string of the molecule is CCc1noc([C@H]2CCCN2Cc2ccc3[nH]c(CN4CCCC4)cc3c2)n1. The highest BCUT2D eigenvalue weighted by molar-refractivity contribution is 5.81. The molecule has 2 aliphatic rings. The number of aromatic nitrogens is 3. The number of nitrogens with one attached hydrogen (secondary N) is 1. The Bertz CT molecular complexity index is 939. The molecule has 0 amide bonds. The van der Waals surface area contributed by atoms with E-state index < -0.39 is 0 Å². The first-order valence-electron chi connectivity index (χ1n) is 10.7. The Morgan fingerprint density at radius 2 is 2.00 bits per heavy atom. The third-order valence-corrected chi connectivity index (χ3v) is 6.17. The summed E-state index contributed by atoms with van der Waals surface area (Å²) in [6.07, 6.45) is 5.76. The summed E-state index contributed by atoms with van der Waals surface area (Å²) in [4.78, 5) is 13.2. The molecule has 1 atom stereocenters. The number of aromatic amines is 1. The van der Waals surface area contributed by atoms with Gasteiger partial charge in [0.25, 0.3) is 0 Å². The maximum atomic E-state index is 5.53. The normalized spacial score (nSPS) is 21.2. The van der Waals surface area contributed by atoms with Gasteiger partial charge >= 0.3 is 0 Å². The van der Waals surface area contributed by atoms with Crippen molar-refractivity contribution < 1.29 is 4.52 Å². The summed E-state index contributed by atoms with van der Waals surface area (Å²) >= 11 is 0. The highest BCUT2D eigenvalue weighted by Gasteiger charge is 2.30. The lowest BCUT2D eigenvalue weighted by Gasteiger charge is -2.21. The average molecular weight is 380 g/mol. The van der Waals surface area contributed by atoms with E-state index in [0.29, 0.717) is 0 Å². The van der Waals surface area contributed by atoms with Gasteiger partial charge in [-0.3, -0.25) is 9.80 Å². The van der Waals surface area contributed by atoms with E-state index in [9.17, 15) is 0 Å². The molecule has 6 nitrogen and oxygen atoms in total. The molecule has 6 heteroatoms. The second-order valence-electron chi connectivity index (χ2n) is 8.23. The smallest absolute Gasteiger partial charge is 0.244 e. The standard InChI is InChI=1S/C22H29N5O/c1-2-21-24-22(28-25-21)20-6-5-11-27(20)14-16-7-8-19-17(12-16)13-18(23-19)15-26-9-3-4-10-26/h7-8,12-13,20,23H,2-6,9-11,14-15H2,1H3/t20-/m1/s1. The monoisotopic (exact) mass is 379 g/mol. The van der Waals surface area contributed by atoms with Crippen molar-refractivity contribution in [3.63, 3.8) is 0 Å². The van der Waals surface area contributed by atoms with Crippen LogP contribution in [0.5, 0.6) is 0 Å². The molecular formula is C22H29N5O. The second kappa shape index (κ2) is 7.68. The molecule has 5 rings (SSSR count). The Hall–Kier alpha value is -2.18. The lowest BCUT2D eigenvalue weighted by molar-refractivity contribution is 0.201. The number of benzene rings is 1. The van der Waals surface area contributed by atoms with E-state index in [2.05, 4.69) is 56.1 Å². The maximum Gasteiger partial charge on any atom is 0.244 e. The van der Waals surface area contributed by atoms with Gasteiger partial charge in [0, 0.05) is 36.1 Å². The molecule has 148 valence electrons. The van der Waals surface area contributed by atoms with Crippen LogP contribution in [0.15, 0.2) is 28.8 Å². The number of H-pyrrole nitrogens is 1. The molecule has 0 spiro atoms. The zero-order valence-electron chi connectivity index (χ0n) is 16.7. The summed E-state index contributed by atoms with van der Waals surface area (Å²) in [5.41, 5.74) is 3.91. The predicted molar refractivity (Wildman–Crippen MR) is 109 cm³/mol. The molecular weight excluding hydrogens is 350 g/mol. The van der Waals surface area contributed by atoms with Gasteiger partial charge in [0.2, 0.25) is 5.89 Å². The van der Waals surface area contributed by atoms with Crippen LogP contribution in [0.1, 0.15) is 61.6 Å². The second-order valence-corrected chi connectivity index (χ2v) is 8.23. The van der Waals surface area contributed by atoms with Gasteiger partial charge in [-0.05, 0) is 69.1 Å². The predicted octanol–water partition coefficient (Wildman–Crippen LogP) is 4.05. The molecule has 0 bridgehead atoms. The largest absolute Gasteiger partial charge is 0.357 e. The minimum absolute atomic E-state index is 0.250. The lowest BCUT2D eigenvalue weighted by atomic mass is 10.1. The van der Waals surface area contributed by atoms with Crippen LogP contribution in [0.4, 0.5) is 0 Å². The van der Waals surface area contributed by atoms with Gasteiger partial charge < -0.3 is 9.51 Å². The zero-order chi connectivity index (χ0) is 18.9. The van der Waals surface area contributed by atoms with Crippen LogP contribution in [-0.2, 0) is 19.5 Å². The molecule has 3 aromatic rings. The molecule has 4 heterocycles. The van der Waals surface area contributed by atoms with Gasteiger partial charge in [0.15, 0.2) is 5.82 Å². The van der Waals surface area contributed by atoms with Gasteiger partial charge in [-0.15, -0.1) is 0 Å². The van der Waals surface area contributed by atoms with Crippen molar-refractivity contribution >= 4 is 10.9 Å². The lowest BCUT2D eigenvalue weighted by Crippen LogP contribution is -2.23. The molecule has 28 heavy (non-hydrogen) atoms. The van der Waals surface area contributed by atoms with Crippen molar-refractivity contribution in [2.75, 3.05) is 19.6 Å². The van der Waals surface area contributed by atoms with Gasteiger partial charge in [-0.25, -0.2) is 0 Å². The summed E-state index contributed by atoms with van der Waals surface area (Å²) in [5, 5.41) is 5.40. The van der Waals surface area contributed by atoms with Gasteiger partial charge in [-0.1, -0.05) is 18.1 Å². The summed E-state index contributed by atoms with van der Waals surface area (Å²) in [6.45, 7) is 7.57. The first-order chi connectivity index (χ1) is 13.8. The Morgan fingerprint density at radius 1 is 1.11 bits per heavy atom. The summed E-state index contributed by atoms with van der Waals surface area (Å²) in [5.74, 6) is 1.59. The van der Waals surface area contributed by atoms with Crippen LogP contribution in [0.25, 0.3) is 10.9 Å². The molecule has 2 fully saturated rings. The highest BCUT2D eigenvalue weighted by atomic mass is 16.5. The van der Waals surface area contributed by atoms with E-state index in [1.54, 1.807) is 0 Å². The van der Waals surface area contributed by atoms with E-state index in [0.717, 1.165) is 44.2 Å². The quantitative estimate of drug-likeness (QED) is 0.700. The fraction of sp³-hybridized carbons (Fsp3) is 0.545. The fourth-order valence-electron chi connectivity index (χ4n) is 4.68. The third-order valence-electron chi connectivity index (χ3n) is 6.17. The number of fused-ring (bicyclic) bond motifs is 1. The van der Waals surface area contributed by atoms with E-state index in [4.69, 9.17) is 4.52 Å². The van der Waals surface area contributed by atoms with Gasteiger partial charge in [0.1, 0.15) is 0 Å². The third kappa shape index (κ3) is 3.59. The molecule has 0 unspecified atom stereocenters. The van der Waals surface area contributed by atoms with E-state index in [-0.39, 0.29) is 6.04 Å². The van der Waals surface area contributed by atoms with Gasteiger partial charge in [0.05, 0.1) is 6.04 Å². The van der Waals surface area contributed by atoms with Crippen LogP contribution in [0.3, 0.4) is 0 Å². The van der Waals surface area contributed by atoms with E-state index in [1.165, 1.54) is 54.5 Å². The topological polar surface area (TPSA) is 61.2 Å². The van der Waals surface area contributed by atoms with Crippen LogP contribution >= 0.6 is 0 Å². The first-order valence-corrected chi connectivity index (χ1v) is 10.7. The number of hydrogen-bond acceptors (Lipinski definition) is 5. The molecule has 2 aliphatic heterocycles. The van der Waals surface area contributed by atoms with Crippen LogP contribution in [-0.4, -0.2) is 44.6 Å². The van der Waals surface area contributed by atoms with Crippen LogP contribution in [0, 0.1) is 0 Å². The van der Waals surface area contributed by atoms with Gasteiger partial charge in [-0.2, -0.15) is 4.98 Å². The molecule has 0 radical (unpaired) electrons. The minimum Gasteiger partial charge on any atom is -0.357 e. The molecule has 1 aromatic carbocycles. The zero-order valence-corrected chi connectivity index (χ0v) is 16.7. The van der Waals surface area contributed by atoms with Crippen LogP contribution < -0.4 is 0 Å². The van der Waals surface area contributed by atoms with E-state index in [1.807, 2.05) is 0 Å². The van der Waals surface area contributed by atoms with Crippen molar-refractivity contribution in [2.24, 2.45) is 0 Å². The Labute approximate surface area is 165 Å². The summed E-state index contributed by atoms with van der Waals surface area (Å²) in [6, 6.07) is 9.38. The minimum atomic E-state index is 0.250. The van der Waals surface area contributed by atoms with Crippen molar-refractivity contribution in [3.8, 4) is 0 Å². The molecule has 2 saturated heterocycles. The van der Waals surface area contributed by atoms with Crippen molar-refractivity contribution in [1.29, 1.82) is 0 Å². The van der Waals surface area contributed by atoms with Crippen molar-refractivity contribution in [2.45, 2.75) is 58.2 Å². The first kappa shape index (κ1) is 17.9. The number of aryl methyl sites for hydroxylation is 1. The summed E-state index contributed by atoms with van der Waals surface area (Å²) < 4.78 is 5.53. The van der Waals surface area contributed by atoms with E-state index >= 15 is 0 Å². The van der Waals surface area contributed by atoms with Crippen molar-refractivity contribution in [3.05, 3.63) is 47.2 Å². The molecule has 0 aliphatic carbocycles. The Morgan fingerprint density at radius 3 is 2.82 bits per heavy atom. The number of likely N-dealkylation sites (tertiary alicyclic amines) is 2. The molecule has 0 saturated carbocycles. The average Bonchev–Trinajstić information content (AvgIpc) is 3.48. The number of rotatable bonds is 6. The number of hydrogen-bond donors (Lipinski definition) is 1. The molecule has 2 aromatic heterocycles. The Balaban J connectivity index is 1.31. The van der Waals surface area contributed by atoms with Crippen LogP contribution in [0.2, 0.25) is 0 Å². The number of nitrogens with zero attached hydrogens (tertiary/aromatic N) is 4. The highest BCUT2D eigenvalue weighted by Crippen LogP contribution is 2.32. The maximum absolute atomic E-state index is 5.53. The molecule has 1 N–H and O–H groups in total. The van der Waals surface area contributed by atoms with Crippen molar-refractivity contribution in [1.82, 2.24) is 24.9 Å². The summed E-state index contributed by atoms with van der Waals surface area (Å²) in [7, 11) is 0. The fourth-order valence-corrected chi connectivity index (χ4v) is 4.68.